The van der Waals surface area contributed by atoms with E-state index in [4.69, 9.17) is 16.1 Å². The number of aromatic nitrogens is 1. The second-order valence-corrected chi connectivity index (χ2v) is 7.64. The van der Waals surface area contributed by atoms with Crippen molar-refractivity contribution in [2.24, 2.45) is 5.92 Å². The van der Waals surface area contributed by atoms with Crippen molar-refractivity contribution >= 4 is 17.5 Å². The minimum atomic E-state index is -0.146. The molecule has 2 unspecified atom stereocenters. The summed E-state index contributed by atoms with van der Waals surface area (Å²) in [6.07, 6.45) is 2.26. The Labute approximate surface area is 152 Å². The number of carbonyl (C=O) groups excluding carboxylic acids is 1. The Morgan fingerprint density at radius 2 is 2.16 bits per heavy atom. The maximum absolute atomic E-state index is 12.4. The summed E-state index contributed by atoms with van der Waals surface area (Å²) in [5, 5.41) is 7.83. The number of likely N-dealkylation sites (tertiary alicyclic amines) is 1. The molecule has 1 aliphatic carbocycles. The van der Waals surface area contributed by atoms with Crippen LogP contribution in [0.5, 0.6) is 0 Å². The Bertz CT molecular complexity index is 772. The van der Waals surface area contributed by atoms with Gasteiger partial charge in [0.1, 0.15) is 5.76 Å². The largest absolute Gasteiger partial charge is 0.360 e. The highest BCUT2D eigenvalue weighted by atomic mass is 35.5. The first-order valence-corrected chi connectivity index (χ1v) is 9.21. The van der Waals surface area contributed by atoms with Gasteiger partial charge in [0.05, 0.1) is 0 Å². The molecule has 0 bridgehead atoms. The molecule has 2 atom stereocenters. The predicted molar refractivity (Wildman–Crippen MR) is 95.6 cm³/mol. The Morgan fingerprint density at radius 3 is 2.92 bits per heavy atom. The Hall–Kier alpha value is -1.85. The molecule has 1 aliphatic heterocycles. The van der Waals surface area contributed by atoms with E-state index in [1.807, 2.05) is 24.3 Å². The predicted octanol–water partition coefficient (Wildman–Crippen LogP) is 3.46. The maximum atomic E-state index is 12.4. The Morgan fingerprint density at radius 1 is 1.36 bits per heavy atom. The lowest BCUT2D eigenvalue weighted by Crippen LogP contribution is -2.40. The first-order chi connectivity index (χ1) is 12.1. The van der Waals surface area contributed by atoms with Gasteiger partial charge in [0.15, 0.2) is 5.69 Å². The number of carbonyl (C=O) groups is 1. The third kappa shape index (κ3) is 3.72. The van der Waals surface area contributed by atoms with Crippen LogP contribution in [0.2, 0.25) is 5.02 Å². The fourth-order valence-electron chi connectivity index (χ4n) is 3.45. The summed E-state index contributed by atoms with van der Waals surface area (Å²) in [7, 11) is 0. The summed E-state index contributed by atoms with van der Waals surface area (Å²) in [5.41, 5.74) is 1.51. The number of nitrogens with one attached hydrogen (secondary N) is 1. The van der Waals surface area contributed by atoms with E-state index in [0.717, 1.165) is 48.8 Å². The number of benzene rings is 1. The summed E-state index contributed by atoms with van der Waals surface area (Å²) in [5.74, 6) is 1.53. The molecule has 1 amide bonds. The van der Waals surface area contributed by atoms with E-state index in [0.29, 0.717) is 17.5 Å². The molecule has 2 heterocycles. The number of amides is 1. The lowest BCUT2D eigenvalue weighted by atomic mass is 10.1. The van der Waals surface area contributed by atoms with Crippen molar-refractivity contribution in [3.8, 4) is 0 Å². The number of hydrogen-bond acceptors (Lipinski definition) is 4. The van der Waals surface area contributed by atoms with Crippen molar-refractivity contribution in [3.63, 3.8) is 0 Å². The van der Waals surface area contributed by atoms with Crippen LogP contribution in [-0.2, 0) is 6.54 Å². The van der Waals surface area contributed by atoms with Crippen molar-refractivity contribution in [1.82, 2.24) is 15.4 Å². The van der Waals surface area contributed by atoms with E-state index >= 15 is 0 Å². The second-order valence-electron chi connectivity index (χ2n) is 7.23. The van der Waals surface area contributed by atoms with Crippen LogP contribution in [-0.4, -0.2) is 35.1 Å². The highest BCUT2D eigenvalue weighted by molar-refractivity contribution is 6.31. The maximum Gasteiger partial charge on any atom is 0.273 e. The van der Waals surface area contributed by atoms with Gasteiger partial charge in [-0.2, -0.15) is 0 Å². The van der Waals surface area contributed by atoms with Crippen LogP contribution in [0.25, 0.3) is 0 Å². The third-order valence-corrected chi connectivity index (χ3v) is 5.47. The van der Waals surface area contributed by atoms with E-state index < -0.39 is 0 Å². The molecule has 2 aromatic rings. The molecule has 1 saturated carbocycles. The average Bonchev–Trinajstić information content (AvgIpc) is 3.22. The number of rotatable bonds is 5. The van der Waals surface area contributed by atoms with E-state index in [-0.39, 0.29) is 11.9 Å². The van der Waals surface area contributed by atoms with Crippen LogP contribution in [0.3, 0.4) is 0 Å². The summed E-state index contributed by atoms with van der Waals surface area (Å²) in [6, 6.07) is 9.80. The molecule has 2 aliphatic rings. The quantitative estimate of drug-likeness (QED) is 0.888. The van der Waals surface area contributed by atoms with Gasteiger partial charge in [0, 0.05) is 42.7 Å². The zero-order valence-corrected chi connectivity index (χ0v) is 15.0. The van der Waals surface area contributed by atoms with Gasteiger partial charge in [-0.15, -0.1) is 0 Å². The van der Waals surface area contributed by atoms with Crippen molar-refractivity contribution in [3.05, 3.63) is 52.4 Å². The van der Waals surface area contributed by atoms with Crippen molar-refractivity contribution in [1.29, 1.82) is 0 Å². The molecule has 1 saturated heterocycles. The molecule has 1 aromatic heterocycles. The van der Waals surface area contributed by atoms with Crippen LogP contribution >= 0.6 is 11.6 Å². The smallest absolute Gasteiger partial charge is 0.273 e. The van der Waals surface area contributed by atoms with Crippen molar-refractivity contribution in [2.45, 2.75) is 38.3 Å². The number of hydrogen-bond donors (Lipinski definition) is 1. The molecule has 132 valence electrons. The van der Waals surface area contributed by atoms with Crippen molar-refractivity contribution in [2.75, 3.05) is 13.1 Å². The monoisotopic (exact) mass is 359 g/mol. The van der Waals surface area contributed by atoms with E-state index in [9.17, 15) is 4.79 Å². The number of halogens is 1. The lowest BCUT2D eigenvalue weighted by molar-refractivity contribution is 0.0922. The molecule has 1 aromatic carbocycles. The normalized spacial score (nSPS) is 23.8. The van der Waals surface area contributed by atoms with Gasteiger partial charge in [-0.1, -0.05) is 41.9 Å². The molecule has 6 heteroatoms. The highest BCUT2D eigenvalue weighted by Gasteiger charge is 2.33. The zero-order valence-electron chi connectivity index (χ0n) is 14.2. The van der Waals surface area contributed by atoms with Gasteiger partial charge in [0.25, 0.3) is 5.91 Å². The fourth-order valence-corrected chi connectivity index (χ4v) is 3.65. The van der Waals surface area contributed by atoms with E-state index in [1.54, 1.807) is 6.07 Å². The van der Waals surface area contributed by atoms with Gasteiger partial charge in [-0.25, -0.2) is 0 Å². The van der Waals surface area contributed by atoms with Crippen LogP contribution in [0.4, 0.5) is 0 Å². The average molecular weight is 360 g/mol. The molecule has 4 rings (SSSR count). The first-order valence-electron chi connectivity index (χ1n) is 8.83. The standard InChI is InChI=1S/C19H22ClN3O2/c1-12-9-23(10-14-4-2-3-5-15(14)20)11-17(12)21-19(24)16-8-18(25-22-16)13-6-7-13/h2-5,8,12-13,17H,6-7,9-11H2,1H3,(H,21,24). The summed E-state index contributed by atoms with van der Waals surface area (Å²) in [4.78, 5) is 14.8. The molecule has 2 fully saturated rings. The second kappa shape index (κ2) is 6.81. The van der Waals surface area contributed by atoms with E-state index in [1.165, 1.54) is 0 Å². The minimum absolute atomic E-state index is 0.107. The SMILES string of the molecule is CC1CN(Cc2ccccc2Cl)CC1NC(=O)c1cc(C2CC2)on1. The summed E-state index contributed by atoms with van der Waals surface area (Å²) in [6.45, 7) is 4.70. The first kappa shape index (κ1) is 16.6. The molecule has 25 heavy (non-hydrogen) atoms. The Balaban J connectivity index is 1.36. The zero-order chi connectivity index (χ0) is 17.4. The van der Waals surface area contributed by atoms with Gasteiger partial charge in [-0.05, 0) is 30.4 Å². The fraction of sp³-hybridized carbons (Fsp3) is 0.474. The summed E-state index contributed by atoms with van der Waals surface area (Å²) >= 11 is 6.26. The minimum Gasteiger partial charge on any atom is -0.360 e. The molecule has 1 N–H and O–H groups in total. The van der Waals surface area contributed by atoms with Gasteiger partial charge >= 0.3 is 0 Å². The van der Waals surface area contributed by atoms with Gasteiger partial charge in [0.2, 0.25) is 0 Å². The van der Waals surface area contributed by atoms with Crippen LogP contribution in [0, 0.1) is 5.92 Å². The Kier molecular flexibility index (Phi) is 4.52. The molecular weight excluding hydrogens is 338 g/mol. The summed E-state index contributed by atoms with van der Waals surface area (Å²) < 4.78 is 5.28. The van der Waals surface area contributed by atoms with Crippen molar-refractivity contribution < 1.29 is 9.32 Å². The lowest BCUT2D eigenvalue weighted by Gasteiger charge is -2.17. The van der Waals surface area contributed by atoms with Crippen LogP contribution in [0.1, 0.15) is 47.5 Å². The third-order valence-electron chi connectivity index (χ3n) is 5.10. The molecular formula is C19H22ClN3O2. The molecule has 0 radical (unpaired) electrons. The van der Waals surface area contributed by atoms with E-state index in [2.05, 4.69) is 22.3 Å². The molecule has 0 spiro atoms. The van der Waals surface area contributed by atoms with Crippen LogP contribution < -0.4 is 5.32 Å². The number of nitrogens with zero attached hydrogens (tertiary/aromatic N) is 2. The van der Waals surface area contributed by atoms with Gasteiger partial charge in [-0.3, -0.25) is 9.69 Å². The topological polar surface area (TPSA) is 58.4 Å². The van der Waals surface area contributed by atoms with Crippen LogP contribution in [0.15, 0.2) is 34.9 Å². The van der Waals surface area contributed by atoms with Gasteiger partial charge < -0.3 is 9.84 Å². The molecule has 5 nitrogen and oxygen atoms in total. The highest BCUT2D eigenvalue weighted by Crippen LogP contribution is 2.40.